The van der Waals surface area contributed by atoms with Crippen LogP contribution in [0, 0.1) is 0 Å². The first-order chi connectivity index (χ1) is 6.99. The molecule has 0 radical (unpaired) electrons. The summed E-state index contributed by atoms with van der Waals surface area (Å²) in [6.07, 6.45) is 0. The maximum Gasteiger partial charge on any atom is 0.346 e. The summed E-state index contributed by atoms with van der Waals surface area (Å²) in [5.74, 6) is 0.227. The van der Waals surface area contributed by atoms with Crippen LogP contribution in [0.3, 0.4) is 0 Å². The molecule has 0 unspecified atom stereocenters. The normalized spacial score (nSPS) is 10.4. The van der Waals surface area contributed by atoms with Crippen LogP contribution in [-0.2, 0) is 14.1 Å². The molecule has 84 valence electrons. The second-order valence-corrected chi connectivity index (χ2v) is 3.30. The van der Waals surface area contributed by atoms with E-state index in [2.05, 4.69) is 5.10 Å². The van der Waals surface area contributed by atoms with Gasteiger partial charge in [0.15, 0.2) is 0 Å². The van der Waals surface area contributed by atoms with Gasteiger partial charge >= 0.3 is 5.69 Å². The number of aromatic nitrogens is 3. The Morgan fingerprint density at radius 2 is 2.00 bits per heavy atom. The average molecular weight is 213 g/mol. The van der Waals surface area contributed by atoms with Crippen molar-refractivity contribution in [1.82, 2.24) is 14.3 Å². The largest absolute Gasteiger partial charge is 0.352 e. The van der Waals surface area contributed by atoms with Gasteiger partial charge in [-0.2, -0.15) is 0 Å². The van der Waals surface area contributed by atoms with Crippen molar-refractivity contribution in [2.75, 3.05) is 25.0 Å². The van der Waals surface area contributed by atoms with Crippen molar-refractivity contribution in [3.05, 3.63) is 20.8 Å². The zero-order valence-corrected chi connectivity index (χ0v) is 9.10. The Hall–Kier alpha value is -1.63. The van der Waals surface area contributed by atoms with E-state index in [0.717, 1.165) is 9.25 Å². The lowest BCUT2D eigenvalue weighted by molar-refractivity contribution is 0.594. The molecule has 1 aromatic heterocycles. The molecule has 15 heavy (non-hydrogen) atoms. The van der Waals surface area contributed by atoms with Crippen LogP contribution < -0.4 is 21.9 Å². The highest BCUT2D eigenvalue weighted by molar-refractivity contribution is 5.32. The van der Waals surface area contributed by atoms with E-state index < -0.39 is 11.2 Å². The van der Waals surface area contributed by atoms with E-state index in [9.17, 15) is 9.59 Å². The fraction of sp³-hybridized carbons (Fsp3) is 0.625. The number of nitrogens with two attached hydrogens (primary N) is 1. The van der Waals surface area contributed by atoms with E-state index in [1.165, 1.54) is 14.1 Å². The number of likely N-dealkylation sites (N-methyl/N-ethyl adjacent to an activating group) is 1. The molecule has 0 spiro atoms. The molecule has 0 amide bonds. The third-order valence-corrected chi connectivity index (χ3v) is 2.13. The second kappa shape index (κ2) is 4.26. The van der Waals surface area contributed by atoms with Crippen molar-refractivity contribution in [1.29, 1.82) is 0 Å². The maximum absolute atomic E-state index is 11.7. The van der Waals surface area contributed by atoms with Gasteiger partial charge in [-0.05, 0) is 0 Å². The van der Waals surface area contributed by atoms with Crippen LogP contribution in [0.25, 0.3) is 0 Å². The third-order valence-electron chi connectivity index (χ3n) is 2.13. The van der Waals surface area contributed by atoms with E-state index in [1.54, 1.807) is 11.9 Å². The van der Waals surface area contributed by atoms with Crippen molar-refractivity contribution in [3.63, 3.8) is 0 Å². The molecular weight excluding hydrogens is 198 g/mol. The Morgan fingerprint density at radius 3 is 2.53 bits per heavy atom. The number of hydrogen-bond acceptors (Lipinski definition) is 5. The number of nitrogens with zero attached hydrogens (tertiary/aromatic N) is 4. The predicted octanol–water partition coefficient (Wildman–Crippen LogP) is -2.13. The van der Waals surface area contributed by atoms with Gasteiger partial charge in [0.2, 0.25) is 5.82 Å². The van der Waals surface area contributed by atoms with Crippen molar-refractivity contribution >= 4 is 5.82 Å². The summed E-state index contributed by atoms with van der Waals surface area (Å²) in [7, 11) is 4.63. The van der Waals surface area contributed by atoms with Crippen molar-refractivity contribution in [3.8, 4) is 0 Å². The Kier molecular flexibility index (Phi) is 3.25. The minimum atomic E-state index is -0.440. The Bertz CT molecular complexity index is 461. The van der Waals surface area contributed by atoms with Gasteiger partial charge in [-0.3, -0.25) is 9.36 Å². The van der Waals surface area contributed by atoms with Gasteiger partial charge in [0.05, 0.1) is 0 Å². The topological polar surface area (TPSA) is 86.2 Å². The smallest absolute Gasteiger partial charge is 0.346 e. The summed E-state index contributed by atoms with van der Waals surface area (Å²) >= 11 is 0. The first kappa shape index (κ1) is 11.4. The molecule has 0 bridgehead atoms. The SMILES string of the molecule is CN(CCN)c1nn(C)c(=O)n(C)c1=O. The minimum absolute atomic E-state index is 0.227. The lowest BCUT2D eigenvalue weighted by Gasteiger charge is -2.16. The molecular formula is C8H15N5O2. The standard InChI is InChI=1S/C8H15N5O2/c1-11(5-4-9)6-7(14)12(2)8(15)13(3)10-6/h4-5,9H2,1-3H3. The zero-order valence-electron chi connectivity index (χ0n) is 9.10. The molecule has 0 aliphatic rings. The fourth-order valence-corrected chi connectivity index (χ4v) is 1.22. The first-order valence-electron chi connectivity index (χ1n) is 4.54. The predicted molar refractivity (Wildman–Crippen MR) is 57.0 cm³/mol. The Morgan fingerprint density at radius 1 is 1.40 bits per heavy atom. The molecule has 7 heteroatoms. The molecule has 0 saturated heterocycles. The lowest BCUT2D eigenvalue weighted by Crippen LogP contribution is -2.43. The highest BCUT2D eigenvalue weighted by Crippen LogP contribution is 1.96. The molecule has 0 atom stereocenters. The van der Waals surface area contributed by atoms with Crippen LogP contribution in [0.1, 0.15) is 0 Å². The van der Waals surface area contributed by atoms with E-state index in [0.29, 0.717) is 13.1 Å². The van der Waals surface area contributed by atoms with Crippen LogP contribution in [-0.4, -0.2) is 34.5 Å². The van der Waals surface area contributed by atoms with Crippen molar-refractivity contribution < 1.29 is 0 Å². The quantitative estimate of drug-likeness (QED) is 0.620. The molecule has 0 aliphatic heterocycles. The fourth-order valence-electron chi connectivity index (χ4n) is 1.22. The average Bonchev–Trinajstić information content (AvgIpc) is 2.20. The van der Waals surface area contributed by atoms with Gasteiger partial charge in [-0.15, -0.1) is 5.10 Å². The summed E-state index contributed by atoms with van der Waals surface area (Å²) in [6, 6.07) is 0. The molecule has 1 heterocycles. The zero-order chi connectivity index (χ0) is 11.6. The minimum Gasteiger partial charge on any atom is -0.352 e. The van der Waals surface area contributed by atoms with Crippen LogP contribution in [0.15, 0.2) is 9.59 Å². The first-order valence-corrected chi connectivity index (χ1v) is 4.54. The third kappa shape index (κ3) is 2.07. The van der Waals surface area contributed by atoms with E-state index in [-0.39, 0.29) is 5.82 Å². The number of anilines is 1. The highest BCUT2D eigenvalue weighted by atomic mass is 16.2. The summed E-state index contributed by atoms with van der Waals surface area (Å²) in [5, 5.41) is 3.89. The van der Waals surface area contributed by atoms with E-state index >= 15 is 0 Å². The van der Waals surface area contributed by atoms with Gasteiger partial charge in [-0.1, -0.05) is 0 Å². The van der Waals surface area contributed by atoms with Gasteiger partial charge in [0.1, 0.15) is 0 Å². The van der Waals surface area contributed by atoms with Crippen LogP contribution >= 0.6 is 0 Å². The van der Waals surface area contributed by atoms with Crippen molar-refractivity contribution in [2.24, 2.45) is 19.8 Å². The Balaban J connectivity index is 3.33. The summed E-state index contributed by atoms with van der Waals surface area (Å²) in [4.78, 5) is 24.6. The van der Waals surface area contributed by atoms with Crippen LogP contribution in [0.4, 0.5) is 5.82 Å². The maximum atomic E-state index is 11.7. The molecule has 1 aromatic rings. The van der Waals surface area contributed by atoms with Gasteiger partial charge in [0.25, 0.3) is 5.56 Å². The molecule has 2 N–H and O–H groups in total. The molecule has 1 rings (SSSR count). The molecule has 0 saturated carbocycles. The van der Waals surface area contributed by atoms with Gasteiger partial charge in [-0.25, -0.2) is 9.48 Å². The Labute approximate surface area is 86.7 Å². The lowest BCUT2D eigenvalue weighted by atomic mass is 10.5. The van der Waals surface area contributed by atoms with Crippen LogP contribution in [0.2, 0.25) is 0 Å². The molecule has 7 nitrogen and oxygen atoms in total. The van der Waals surface area contributed by atoms with Crippen molar-refractivity contribution in [2.45, 2.75) is 0 Å². The van der Waals surface area contributed by atoms with Gasteiger partial charge < -0.3 is 10.6 Å². The molecule has 0 aromatic carbocycles. The highest BCUT2D eigenvalue weighted by Gasteiger charge is 2.11. The van der Waals surface area contributed by atoms with E-state index in [4.69, 9.17) is 5.73 Å². The van der Waals surface area contributed by atoms with Crippen LogP contribution in [0.5, 0.6) is 0 Å². The number of rotatable bonds is 3. The summed E-state index contributed by atoms with van der Waals surface area (Å²) in [6.45, 7) is 0.935. The second-order valence-electron chi connectivity index (χ2n) is 3.30. The molecule has 0 fully saturated rings. The summed E-state index contributed by atoms with van der Waals surface area (Å²) in [5.41, 5.74) is 4.53. The number of hydrogen-bond donors (Lipinski definition) is 1. The van der Waals surface area contributed by atoms with E-state index in [1.807, 2.05) is 0 Å². The van der Waals surface area contributed by atoms with Gasteiger partial charge in [0, 0.05) is 34.2 Å². The monoisotopic (exact) mass is 213 g/mol. The molecule has 0 aliphatic carbocycles. The summed E-state index contributed by atoms with van der Waals surface area (Å²) < 4.78 is 2.15. The number of aryl methyl sites for hydroxylation is 1.